The largest absolute Gasteiger partial charge is 0.329 e. The molecule has 3 aromatic rings. The van der Waals surface area contributed by atoms with E-state index in [2.05, 4.69) is 4.98 Å². The predicted octanol–water partition coefficient (Wildman–Crippen LogP) is 2.36. The molecule has 0 aliphatic carbocycles. The molecule has 20 heavy (non-hydrogen) atoms. The van der Waals surface area contributed by atoms with Crippen LogP contribution in [0.5, 0.6) is 0 Å². The van der Waals surface area contributed by atoms with E-state index in [1.807, 2.05) is 0 Å². The Hall–Kier alpha value is -2.40. The maximum atomic E-state index is 12.5. The fourth-order valence-corrected chi connectivity index (χ4v) is 3.39. The first-order valence-electron chi connectivity index (χ1n) is 6.01. The number of pyridine rings is 1. The monoisotopic (exact) mass is 285 g/mol. The molecule has 0 saturated carbocycles. The highest BCUT2D eigenvalue weighted by atomic mass is 32.2. The van der Waals surface area contributed by atoms with Gasteiger partial charge in [0.05, 0.1) is 9.79 Å². The molecule has 0 unspecified atom stereocenters. The summed E-state index contributed by atoms with van der Waals surface area (Å²) in [5.74, 6) is 0. The number of rotatable bonds is 2. The summed E-state index contributed by atoms with van der Waals surface area (Å²) in [6, 6.07) is 14.4. The van der Waals surface area contributed by atoms with Crippen molar-refractivity contribution in [3.05, 3.63) is 71.1 Å². The van der Waals surface area contributed by atoms with E-state index < -0.39 is 9.84 Å². The Morgan fingerprint density at radius 1 is 0.850 bits per heavy atom. The molecule has 3 rings (SSSR count). The number of aromatic amines is 1. The Bertz CT molecular complexity index is 928. The summed E-state index contributed by atoms with van der Waals surface area (Å²) in [7, 11) is -3.56. The summed E-state index contributed by atoms with van der Waals surface area (Å²) < 4.78 is 25.0. The van der Waals surface area contributed by atoms with E-state index in [4.69, 9.17) is 0 Å². The van der Waals surface area contributed by atoms with E-state index in [1.165, 1.54) is 24.4 Å². The molecule has 0 atom stereocenters. The Balaban J connectivity index is 2.23. The van der Waals surface area contributed by atoms with Crippen molar-refractivity contribution in [3.8, 4) is 0 Å². The Morgan fingerprint density at radius 2 is 1.60 bits per heavy atom. The van der Waals surface area contributed by atoms with Crippen LogP contribution in [0, 0.1) is 0 Å². The minimum absolute atomic E-state index is 0.182. The van der Waals surface area contributed by atoms with Crippen molar-refractivity contribution in [2.24, 2.45) is 0 Å². The molecule has 0 bridgehead atoms. The molecule has 0 aliphatic heterocycles. The second-order valence-corrected chi connectivity index (χ2v) is 6.32. The van der Waals surface area contributed by atoms with E-state index in [1.54, 1.807) is 36.4 Å². The number of fused-ring (bicyclic) bond motifs is 1. The lowest BCUT2D eigenvalue weighted by Gasteiger charge is -2.05. The van der Waals surface area contributed by atoms with Crippen LogP contribution in [-0.2, 0) is 9.84 Å². The SMILES string of the molecule is O=c1[nH]ccc2cc(S(=O)(=O)c3ccccc3)ccc12. The van der Waals surface area contributed by atoms with Gasteiger partial charge in [-0.05, 0) is 41.8 Å². The number of hydrogen-bond acceptors (Lipinski definition) is 3. The number of hydrogen-bond donors (Lipinski definition) is 1. The fraction of sp³-hybridized carbons (Fsp3) is 0. The second kappa shape index (κ2) is 4.61. The third-order valence-corrected chi connectivity index (χ3v) is 4.88. The van der Waals surface area contributed by atoms with Gasteiger partial charge < -0.3 is 4.98 Å². The molecule has 1 heterocycles. The zero-order valence-corrected chi connectivity index (χ0v) is 11.2. The number of sulfone groups is 1. The van der Waals surface area contributed by atoms with Crippen molar-refractivity contribution in [2.45, 2.75) is 9.79 Å². The van der Waals surface area contributed by atoms with Crippen LogP contribution in [0.1, 0.15) is 0 Å². The second-order valence-electron chi connectivity index (χ2n) is 4.37. The lowest BCUT2D eigenvalue weighted by atomic mass is 10.2. The van der Waals surface area contributed by atoms with Crippen molar-refractivity contribution in [1.29, 1.82) is 0 Å². The third-order valence-electron chi connectivity index (χ3n) is 3.11. The molecule has 0 saturated heterocycles. The summed E-state index contributed by atoms with van der Waals surface area (Å²) in [4.78, 5) is 14.6. The minimum atomic E-state index is -3.56. The van der Waals surface area contributed by atoms with Gasteiger partial charge in [-0.15, -0.1) is 0 Å². The number of aromatic nitrogens is 1. The van der Waals surface area contributed by atoms with Crippen LogP contribution in [0.25, 0.3) is 10.8 Å². The van der Waals surface area contributed by atoms with Gasteiger partial charge >= 0.3 is 0 Å². The van der Waals surface area contributed by atoms with Crippen molar-refractivity contribution in [2.75, 3.05) is 0 Å². The smallest absolute Gasteiger partial charge is 0.255 e. The topological polar surface area (TPSA) is 67.0 Å². The zero-order chi connectivity index (χ0) is 14.2. The molecule has 5 heteroatoms. The van der Waals surface area contributed by atoms with E-state index in [9.17, 15) is 13.2 Å². The van der Waals surface area contributed by atoms with Crippen LogP contribution in [0.4, 0.5) is 0 Å². The van der Waals surface area contributed by atoms with Gasteiger partial charge in [0.15, 0.2) is 0 Å². The maximum Gasteiger partial charge on any atom is 0.255 e. The summed E-state index contributed by atoms with van der Waals surface area (Å²) >= 11 is 0. The average molecular weight is 285 g/mol. The van der Waals surface area contributed by atoms with Gasteiger partial charge in [0.25, 0.3) is 5.56 Å². The predicted molar refractivity (Wildman–Crippen MR) is 76.5 cm³/mol. The summed E-state index contributed by atoms with van der Waals surface area (Å²) in [6.07, 6.45) is 1.50. The average Bonchev–Trinajstić information content (AvgIpc) is 2.48. The lowest BCUT2D eigenvalue weighted by molar-refractivity contribution is 0.596. The third kappa shape index (κ3) is 2.02. The first-order valence-corrected chi connectivity index (χ1v) is 7.49. The van der Waals surface area contributed by atoms with Gasteiger partial charge in [0.1, 0.15) is 0 Å². The standard InChI is InChI=1S/C15H11NO3S/c17-15-14-7-6-13(10-11(14)8-9-16-15)20(18,19)12-4-2-1-3-5-12/h1-10H,(H,16,17). The maximum absolute atomic E-state index is 12.5. The zero-order valence-electron chi connectivity index (χ0n) is 10.4. The molecule has 0 spiro atoms. The van der Waals surface area contributed by atoms with Crippen molar-refractivity contribution >= 4 is 20.6 Å². The molecule has 0 fully saturated rings. The van der Waals surface area contributed by atoms with Gasteiger partial charge in [0, 0.05) is 11.6 Å². The van der Waals surface area contributed by atoms with Gasteiger partial charge in [-0.25, -0.2) is 8.42 Å². The summed E-state index contributed by atoms with van der Waals surface area (Å²) in [5.41, 5.74) is -0.230. The van der Waals surface area contributed by atoms with Crippen molar-refractivity contribution < 1.29 is 8.42 Å². The van der Waals surface area contributed by atoms with Crippen molar-refractivity contribution in [1.82, 2.24) is 4.98 Å². The molecular formula is C15H11NO3S. The molecule has 4 nitrogen and oxygen atoms in total. The summed E-state index contributed by atoms with van der Waals surface area (Å²) in [6.45, 7) is 0. The Morgan fingerprint density at radius 3 is 2.35 bits per heavy atom. The van der Waals surface area contributed by atoms with E-state index >= 15 is 0 Å². The molecule has 1 N–H and O–H groups in total. The van der Waals surface area contributed by atoms with E-state index in [0.29, 0.717) is 10.8 Å². The van der Waals surface area contributed by atoms with Crippen LogP contribution in [0.3, 0.4) is 0 Å². The van der Waals surface area contributed by atoms with Crippen LogP contribution in [0.15, 0.2) is 75.4 Å². The fourth-order valence-electron chi connectivity index (χ4n) is 2.07. The number of H-pyrrole nitrogens is 1. The minimum Gasteiger partial charge on any atom is -0.329 e. The number of nitrogens with one attached hydrogen (secondary N) is 1. The lowest BCUT2D eigenvalue weighted by Crippen LogP contribution is -2.06. The Kier molecular flexibility index (Phi) is 2.91. The molecule has 0 radical (unpaired) electrons. The first kappa shape index (κ1) is 12.6. The van der Waals surface area contributed by atoms with E-state index in [-0.39, 0.29) is 15.4 Å². The Labute approximate surface area is 115 Å². The highest BCUT2D eigenvalue weighted by Crippen LogP contribution is 2.23. The molecule has 100 valence electrons. The molecular weight excluding hydrogens is 274 g/mol. The van der Waals surface area contributed by atoms with Crippen molar-refractivity contribution in [3.63, 3.8) is 0 Å². The van der Waals surface area contributed by atoms with Gasteiger partial charge in [0.2, 0.25) is 9.84 Å². The van der Waals surface area contributed by atoms with Crippen LogP contribution >= 0.6 is 0 Å². The highest BCUT2D eigenvalue weighted by Gasteiger charge is 2.17. The van der Waals surface area contributed by atoms with Gasteiger partial charge in [-0.3, -0.25) is 4.79 Å². The molecule has 0 amide bonds. The number of benzene rings is 2. The highest BCUT2D eigenvalue weighted by molar-refractivity contribution is 7.91. The normalized spacial score (nSPS) is 11.6. The van der Waals surface area contributed by atoms with Crippen LogP contribution in [-0.4, -0.2) is 13.4 Å². The van der Waals surface area contributed by atoms with Gasteiger partial charge in [-0.2, -0.15) is 0 Å². The van der Waals surface area contributed by atoms with Crippen LogP contribution < -0.4 is 5.56 Å². The van der Waals surface area contributed by atoms with Crippen LogP contribution in [0.2, 0.25) is 0 Å². The van der Waals surface area contributed by atoms with Gasteiger partial charge in [-0.1, -0.05) is 18.2 Å². The molecule has 0 aliphatic rings. The van der Waals surface area contributed by atoms with E-state index in [0.717, 1.165) is 0 Å². The quantitative estimate of drug-likeness (QED) is 0.786. The molecule has 2 aromatic carbocycles. The summed E-state index contributed by atoms with van der Waals surface area (Å²) in [5, 5.41) is 1.07. The molecule has 1 aromatic heterocycles. The first-order chi connectivity index (χ1) is 9.59.